The predicted octanol–water partition coefficient (Wildman–Crippen LogP) is -1.20. The van der Waals surface area contributed by atoms with Gasteiger partial charge in [-0.3, -0.25) is 23.5 Å². The standard InChI is InChI=1S/C25H34FN5O17P2S/c1-5-25(37)20(36)14(45-24(25)31-9-30-15-21(27)28-8-29-22(15)31)7-42-50(40,51)48-49(38,39)47-23-19(44-12(4)34)16(35)18(43-11(3)33)17(46-23)13(26)6-41-10(2)32/h5,8-9,13-14,16-20,23-24,35-37H,1,6-7H2,2-4H3,(H,38,39)(H,40,51)(H2,27,28,29)/t13-,14+,16?,17?,18?,19?,20+,23?,24+,25+,50?/m0/s1. The molecule has 2 saturated heterocycles. The molecule has 51 heavy (non-hydrogen) atoms. The van der Waals surface area contributed by atoms with Crippen molar-refractivity contribution in [2.45, 2.75) is 81.7 Å². The molecule has 26 heteroatoms. The number of aliphatic hydroxyl groups excluding tert-OH is 2. The van der Waals surface area contributed by atoms with Crippen LogP contribution in [0.3, 0.4) is 0 Å². The van der Waals surface area contributed by atoms with E-state index in [1.165, 1.54) is 10.9 Å². The van der Waals surface area contributed by atoms with E-state index < -0.39 is 107 Å². The zero-order chi connectivity index (χ0) is 38.1. The predicted molar refractivity (Wildman–Crippen MR) is 167 cm³/mol. The number of phosphoric ester groups is 1. The van der Waals surface area contributed by atoms with E-state index in [0.717, 1.165) is 33.2 Å². The number of carbonyl (C=O) groups excluding carboxylic acids is 3. The normalized spacial score (nSPS) is 32.3. The molecule has 4 heterocycles. The van der Waals surface area contributed by atoms with E-state index in [1.54, 1.807) is 0 Å². The lowest BCUT2D eigenvalue weighted by Crippen LogP contribution is -2.63. The van der Waals surface area contributed by atoms with Crippen molar-refractivity contribution in [2.24, 2.45) is 0 Å². The Kier molecular flexibility index (Phi) is 12.7. The van der Waals surface area contributed by atoms with Gasteiger partial charge in [0, 0.05) is 20.8 Å². The van der Waals surface area contributed by atoms with Gasteiger partial charge in [-0.1, -0.05) is 12.7 Å². The summed E-state index contributed by atoms with van der Waals surface area (Å²) in [6.07, 6.45) is -14.5. The fourth-order valence-electron chi connectivity index (χ4n) is 5.11. The summed E-state index contributed by atoms with van der Waals surface area (Å²) in [5.41, 5.74) is 3.83. The van der Waals surface area contributed by atoms with Crippen LogP contribution in [0.4, 0.5) is 10.2 Å². The fraction of sp³-hybridized carbons (Fsp3) is 0.600. The second kappa shape index (κ2) is 15.9. The number of ether oxygens (including phenoxy) is 5. The Morgan fingerprint density at radius 2 is 1.78 bits per heavy atom. The first-order valence-corrected chi connectivity index (χ1v) is 18.6. The number of aromatic nitrogens is 4. The van der Waals surface area contributed by atoms with Crippen LogP contribution in [0.25, 0.3) is 11.2 Å². The third kappa shape index (κ3) is 9.29. The number of fused-ring (bicyclic) bond motifs is 1. The van der Waals surface area contributed by atoms with Gasteiger partial charge < -0.3 is 59.0 Å². The lowest BCUT2D eigenvalue weighted by atomic mass is 9.94. The molecule has 0 bridgehead atoms. The number of anilines is 1. The largest absolute Gasteiger partial charge is 0.481 e. The maximum absolute atomic E-state index is 15.2. The number of alkyl halides is 1. The number of imidazole rings is 1. The molecule has 2 aromatic heterocycles. The molecular weight excluding hydrogens is 755 g/mol. The lowest BCUT2D eigenvalue weighted by Gasteiger charge is -2.43. The van der Waals surface area contributed by atoms with Gasteiger partial charge in [0.25, 0.3) is 0 Å². The van der Waals surface area contributed by atoms with E-state index in [2.05, 4.69) is 30.6 Å². The molecule has 2 aromatic rings. The second-order valence-corrected chi connectivity index (χ2v) is 15.4. The van der Waals surface area contributed by atoms with Crippen LogP contribution in [-0.2, 0) is 67.8 Å². The molecule has 0 amide bonds. The summed E-state index contributed by atoms with van der Waals surface area (Å²) < 4.78 is 69.7. The third-order valence-electron chi connectivity index (χ3n) is 7.30. The van der Waals surface area contributed by atoms with Crippen LogP contribution in [0.1, 0.15) is 27.0 Å². The van der Waals surface area contributed by atoms with Crippen molar-refractivity contribution in [1.29, 1.82) is 0 Å². The Labute approximate surface area is 292 Å². The number of carbonyl (C=O) groups is 3. The number of esters is 3. The number of hydrogen-bond donors (Lipinski definition) is 6. The minimum atomic E-state index is -5.70. The summed E-state index contributed by atoms with van der Waals surface area (Å²) in [5, 5.41) is 33.1. The van der Waals surface area contributed by atoms with E-state index in [1.807, 2.05) is 0 Å². The number of nitrogens with zero attached hydrogens (tertiary/aromatic N) is 4. The molecule has 22 nitrogen and oxygen atoms in total. The van der Waals surface area contributed by atoms with Gasteiger partial charge in [0.1, 0.15) is 42.9 Å². The van der Waals surface area contributed by atoms with Gasteiger partial charge in [0.2, 0.25) is 6.29 Å². The molecule has 0 radical (unpaired) electrons. The Bertz CT molecular complexity index is 1740. The van der Waals surface area contributed by atoms with Crippen LogP contribution < -0.4 is 5.73 Å². The van der Waals surface area contributed by atoms with Crippen molar-refractivity contribution >= 4 is 61.2 Å². The molecule has 4 rings (SSSR count). The Hall–Kier alpha value is -3.09. The van der Waals surface area contributed by atoms with Gasteiger partial charge >= 0.3 is 32.4 Å². The first kappa shape index (κ1) is 40.7. The zero-order valence-electron chi connectivity index (χ0n) is 26.7. The minimum absolute atomic E-state index is 0.00616. The molecule has 0 spiro atoms. The molecule has 7 N–H and O–H groups in total. The summed E-state index contributed by atoms with van der Waals surface area (Å²) >= 11 is 4.82. The number of hydrogen-bond acceptors (Lipinski definition) is 20. The lowest BCUT2D eigenvalue weighted by molar-refractivity contribution is -0.293. The molecule has 2 fully saturated rings. The van der Waals surface area contributed by atoms with Gasteiger partial charge in [-0.05, 0) is 11.8 Å². The van der Waals surface area contributed by atoms with E-state index in [4.69, 9.17) is 45.5 Å². The van der Waals surface area contributed by atoms with Crippen molar-refractivity contribution in [3.63, 3.8) is 0 Å². The Morgan fingerprint density at radius 3 is 2.39 bits per heavy atom. The van der Waals surface area contributed by atoms with Crippen LogP contribution in [0, 0.1) is 0 Å². The van der Waals surface area contributed by atoms with Crippen molar-refractivity contribution in [3.8, 4) is 0 Å². The number of nitrogens with two attached hydrogens (primary N) is 1. The molecular formula is C25H34FN5O17P2S. The summed E-state index contributed by atoms with van der Waals surface area (Å²) in [7, 11) is -5.70. The van der Waals surface area contributed by atoms with Gasteiger partial charge in [-0.2, -0.15) is 0 Å². The summed E-state index contributed by atoms with van der Waals surface area (Å²) in [6.45, 7) is -0.507. The van der Waals surface area contributed by atoms with Crippen LogP contribution in [-0.4, -0.2) is 130 Å². The number of halogens is 1. The second-order valence-electron chi connectivity index (χ2n) is 11.0. The monoisotopic (exact) mass is 789 g/mol. The highest BCUT2D eigenvalue weighted by molar-refractivity contribution is 8.08. The third-order valence-corrected chi connectivity index (χ3v) is 10.8. The van der Waals surface area contributed by atoms with E-state index in [0.29, 0.717) is 0 Å². The van der Waals surface area contributed by atoms with Crippen molar-refractivity contribution in [3.05, 3.63) is 25.3 Å². The molecule has 0 saturated carbocycles. The first-order valence-electron chi connectivity index (χ1n) is 14.5. The molecule has 2 aliphatic rings. The zero-order valence-corrected chi connectivity index (χ0v) is 29.3. The summed E-state index contributed by atoms with van der Waals surface area (Å²) in [5.74, 6) is -3.06. The maximum Gasteiger partial charge on any atom is 0.481 e. The highest BCUT2D eigenvalue weighted by Crippen LogP contribution is 2.62. The van der Waals surface area contributed by atoms with Crippen LogP contribution in [0.15, 0.2) is 25.3 Å². The Balaban J connectivity index is 1.50. The fourth-order valence-corrected chi connectivity index (χ4v) is 8.21. The van der Waals surface area contributed by atoms with E-state index >= 15 is 4.39 Å². The first-order chi connectivity index (χ1) is 23.7. The van der Waals surface area contributed by atoms with E-state index in [9.17, 15) is 44.1 Å². The van der Waals surface area contributed by atoms with Gasteiger partial charge in [-0.25, -0.2) is 28.2 Å². The van der Waals surface area contributed by atoms with Crippen molar-refractivity contribution in [2.75, 3.05) is 18.9 Å². The SMILES string of the molecule is C=C[C@@]1(O)[C@H](O)[C@@H](COP(O)(=S)OP(=O)(O)OC2OC([C@@H](F)COC(C)=O)C(OC(C)=O)C(O)C2OC(C)=O)O[C@H]1n1cnc2c(N)ncnc21. The smallest absolute Gasteiger partial charge is 0.463 e. The van der Waals surface area contributed by atoms with Crippen molar-refractivity contribution < 1.29 is 85.5 Å². The average molecular weight is 790 g/mol. The maximum atomic E-state index is 15.2. The van der Waals surface area contributed by atoms with Crippen molar-refractivity contribution in [1.82, 2.24) is 19.5 Å². The van der Waals surface area contributed by atoms with E-state index in [-0.39, 0.29) is 17.0 Å². The molecule has 2 aliphatic heterocycles. The van der Waals surface area contributed by atoms with Gasteiger partial charge in [-0.15, -0.1) is 0 Å². The molecule has 284 valence electrons. The summed E-state index contributed by atoms with van der Waals surface area (Å²) in [6, 6.07) is 0. The molecule has 0 aromatic carbocycles. The average Bonchev–Trinajstić information content (AvgIpc) is 3.56. The number of rotatable bonds is 14. The quantitative estimate of drug-likeness (QED) is 0.0567. The molecule has 0 aliphatic carbocycles. The number of aliphatic hydroxyl groups is 3. The topological polar surface area (TPSA) is 313 Å². The number of phosphoric acid groups is 1. The molecule has 7 unspecified atom stereocenters. The highest BCUT2D eigenvalue weighted by atomic mass is 32.5. The number of nitrogen functional groups attached to an aromatic ring is 1. The highest BCUT2D eigenvalue weighted by Gasteiger charge is 2.57. The van der Waals surface area contributed by atoms with Gasteiger partial charge in [0.15, 0.2) is 41.7 Å². The van der Waals surface area contributed by atoms with Crippen LogP contribution in [0.5, 0.6) is 0 Å². The van der Waals surface area contributed by atoms with Crippen LogP contribution >= 0.6 is 14.5 Å². The summed E-state index contributed by atoms with van der Waals surface area (Å²) in [4.78, 5) is 67.9. The minimum Gasteiger partial charge on any atom is -0.463 e. The van der Waals surface area contributed by atoms with Gasteiger partial charge in [0.05, 0.1) is 12.9 Å². The molecule has 12 atom stereocenters. The Morgan fingerprint density at radius 1 is 1.14 bits per heavy atom. The van der Waals surface area contributed by atoms with Crippen LogP contribution in [0.2, 0.25) is 0 Å².